The maximum atomic E-state index is 9.40. The number of aliphatic hydroxyl groups excluding tert-OH is 1. The highest BCUT2D eigenvalue weighted by Gasteiger charge is 2.18. The predicted molar refractivity (Wildman–Crippen MR) is 67.5 cm³/mol. The number of nitrogens with zero attached hydrogens (tertiary/aromatic N) is 1. The van der Waals surface area contributed by atoms with E-state index < -0.39 is 0 Å². The van der Waals surface area contributed by atoms with Crippen LogP contribution in [0.3, 0.4) is 0 Å². The third kappa shape index (κ3) is 5.20. The summed E-state index contributed by atoms with van der Waals surface area (Å²) < 4.78 is 0. The third-order valence-electron chi connectivity index (χ3n) is 2.90. The van der Waals surface area contributed by atoms with Crippen LogP contribution in [-0.2, 0) is 0 Å². The Balaban J connectivity index is 2.27. The lowest BCUT2D eigenvalue weighted by Gasteiger charge is -2.28. The largest absolute Gasteiger partial charge is 0.395 e. The SMILES string of the molecule is CCSCCC(CO)N1CCCNCC1. The first-order valence-electron chi connectivity index (χ1n) is 6.01. The van der Waals surface area contributed by atoms with Gasteiger partial charge in [0.05, 0.1) is 6.61 Å². The third-order valence-corrected chi connectivity index (χ3v) is 3.83. The lowest BCUT2D eigenvalue weighted by Crippen LogP contribution is -2.40. The van der Waals surface area contributed by atoms with E-state index in [0.717, 1.165) is 32.6 Å². The van der Waals surface area contributed by atoms with Gasteiger partial charge in [-0.1, -0.05) is 6.92 Å². The Kier molecular flexibility index (Phi) is 7.44. The average molecular weight is 232 g/mol. The van der Waals surface area contributed by atoms with Crippen LogP contribution in [0.2, 0.25) is 0 Å². The summed E-state index contributed by atoms with van der Waals surface area (Å²) >= 11 is 1.97. The van der Waals surface area contributed by atoms with Gasteiger partial charge in [-0.25, -0.2) is 0 Å². The van der Waals surface area contributed by atoms with E-state index in [9.17, 15) is 5.11 Å². The lowest BCUT2D eigenvalue weighted by atomic mass is 10.2. The van der Waals surface area contributed by atoms with E-state index in [4.69, 9.17) is 0 Å². The number of thioether (sulfide) groups is 1. The van der Waals surface area contributed by atoms with E-state index in [2.05, 4.69) is 17.1 Å². The minimum Gasteiger partial charge on any atom is -0.395 e. The average Bonchev–Trinajstić information content (AvgIpc) is 2.53. The summed E-state index contributed by atoms with van der Waals surface area (Å²) in [5.74, 6) is 2.35. The summed E-state index contributed by atoms with van der Waals surface area (Å²) in [4.78, 5) is 2.44. The molecule has 0 aromatic heterocycles. The summed E-state index contributed by atoms with van der Waals surface area (Å²) in [6.07, 6.45) is 2.33. The number of nitrogens with one attached hydrogen (secondary N) is 1. The molecular weight excluding hydrogens is 208 g/mol. The Bertz CT molecular complexity index is 150. The van der Waals surface area contributed by atoms with E-state index >= 15 is 0 Å². The smallest absolute Gasteiger partial charge is 0.0587 e. The Hall–Kier alpha value is 0.230. The highest BCUT2D eigenvalue weighted by Crippen LogP contribution is 2.10. The molecule has 1 atom stereocenters. The molecule has 0 saturated carbocycles. The fraction of sp³-hybridized carbons (Fsp3) is 1.00. The standard InChI is InChI=1S/C11H24N2OS/c1-2-15-9-4-11(10-14)13-7-3-5-12-6-8-13/h11-12,14H,2-10H2,1H3. The second kappa shape index (κ2) is 8.39. The molecule has 4 heteroatoms. The molecule has 0 bridgehead atoms. The maximum absolute atomic E-state index is 9.40. The molecule has 90 valence electrons. The molecular formula is C11H24N2OS. The number of aliphatic hydroxyl groups is 1. The molecule has 1 saturated heterocycles. The minimum atomic E-state index is 0.310. The van der Waals surface area contributed by atoms with E-state index in [1.807, 2.05) is 11.8 Å². The zero-order chi connectivity index (χ0) is 10.9. The topological polar surface area (TPSA) is 35.5 Å². The first-order valence-corrected chi connectivity index (χ1v) is 7.17. The molecule has 1 aliphatic heterocycles. The normalized spacial score (nSPS) is 21.2. The quantitative estimate of drug-likeness (QED) is 0.664. The molecule has 0 radical (unpaired) electrons. The van der Waals surface area contributed by atoms with Crippen LogP contribution in [0.4, 0.5) is 0 Å². The second-order valence-corrected chi connectivity index (χ2v) is 5.36. The van der Waals surface area contributed by atoms with Gasteiger partial charge in [-0.2, -0.15) is 11.8 Å². The molecule has 0 aliphatic carbocycles. The predicted octanol–water partition coefficient (Wildman–Crippen LogP) is 0.786. The van der Waals surface area contributed by atoms with Gasteiger partial charge >= 0.3 is 0 Å². The number of hydrogen-bond donors (Lipinski definition) is 2. The summed E-state index contributed by atoms with van der Waals surface area (Å²) in [7, 11) is 0. The van der Waals surface area contributed by atoms with Crippen molar-refractivity contribution in [3.63, 3.8) is 0 Å². The zero-order valence-corrected chi connectivity index (χ0v) is 10.6. The minimum absolute atomic E-state index is 0.310. The van der Waals surface area contributed by atoms with Crippen molar-refractivity contribution in [2.75, 3.05) is 44.3 Å². The highest BCUT2D eigenvalue weighted by atomic mass is 32.2. The first-order chi connectivity index (χ1) is 7.38. The Labute approximate surface area is 97.6 Å². The maximum Gasteiger partial charge on any atom is 0.0587 e. The van der Waals surface area contributed by atoms with E-state index in [-0.39, 0.29) is 0 Å². The van der Waals surface area contributed by atoms with Crippen LogP contribution in [0.25, 0.3) is 0 Å². The van der Waals surface area contributed by atoms with Crippen molar-refractivity contribution in [2.24, 2.45) is 0 Å². The Morgan fingerprint density at radius 2 is 2.27 bits per heavy atom. The molecule has 1 aliphatic rings. The van der Waals surface area contributed by atoms with E-state index in [0.29, 0.717) is 12.6 Å². The van der Waals surface area contributed by atoms with Crippen LogP contribution in [0.15, 0.2) is 0 Å². The second-order valence-electron chi connectivity index (χ2n) is 3.96. The van der Waals surface area contributed by atoms with Gasteiger partial charge in [0.25, 0.3) is 0 Å². The fourth-order valence-corrected chi connectivity index (χ4v) is 2.71. The summed E-state index contributed by atoms with van der Waals surface area (Å²) in [5.41, 5.74) is 0. The molecule has 1 rings (SSSR count). The van der Waals surface area contributed by atoms with Gasteiger partial charge in [0.2, 0.25) is 0 Å². The van der Waals surface area contributed by atoms with E-state index in [1.165, 1.54) is 17.9 Å². The lowest BCUT2D eigenvalue weighted by molar-refractivity contribution is 0.127. The molecule has 0 aromatic rings. The first kappa shape index (κ1) is 13.3. The summed E-state index contributed by atoms with van der Waals surface area (Å²) in [6, 6.07) is 0.379. The zero-order valence-electron chi connectivity index (χ0n) is 9.74. The van der Waals surface area contributed by atoms with Crippen molar-refractivity contribution in [1.29, 1.82) is 0 Å². The van der Waals surface area contributed by atoms with Crippen molar-refractivity contribution in [1.82, 2.24) is 10.2 Å². The van der Waals surface area contributed by atoms with Crippen LogP contribution in [-0.4, -0.2) is 60.3 Å². The molecule has 0 spiro atoms. The van der Waals surface area contributed by atoms with Gasteiger partial charge in [0.15, 0.2) is 0 Å². The van der Waals surface area contributed by atoms with Gasteiger partial charge in [0, 0.05) is 19.1 Å². The molecule has 0 aromatic carbocycles. The van der Waals surface area contributed by atoms with Gasteiger partial charge in [-0.05, 0) is 37.4 Å². The molecule has 1 heterocycles. The van der Waals surface area contributed by atoms with Crippen molar-refractivity contribution in [3.8, 4) is 0 Å². The van der Waals surface area contributed by atoms with Gasteiger partial charge in [-0.15, -0.1) is 0 Å². The van der Waals surface area contributed by atoms with Crippen LogP contribution < -0.4 is 5.32 Å². The molecule has 1 unspecified atom stereocenters. The van der Waals surface area contributed by atoms with E-state index in [1.54, 1.807) is 0 Å². The van der Waals surface area contributed by atoms with Crippen LogP contribution >= 0.6 is 11.8 Å². The summed E-state index contributed by atoms with van der Waals surface area (Å²) in [5, 5.41) is 12.8. The Morgan fingerprint density at radius 3 is 3.00 bits per heavy atom. The molecule has 15 heavy (non-hydrogen) atoms. The van der Waals surface area contributed by atoms with Crippen LogP contribution in [0, 0.1) is 0 Å². The molecule has 0 amide bonds. The summed E-state index contributed by atoms with van der Waals surface area (Å²) in [6.45, 7) is 6.91. The van der Waals surface area contributed by atoms with Crippen molar-refractivity contribution in [3.05, 3.63) is 0 Å². The van der Waals surface area contributed by atoms with Crippen LogP contribution in [0.1, 0.15) is 19.8 Å². The molecule has 1 fully saturated rings. The molecule has 2 N–H and O–H groups in total. The van der Waals surface area contributed by atoms with Crippen LogP contribution in [0.5, 0.6) is 0 Å². The van der Waals surface area contributed by atoms with Crippen molar-refractivity contribution in [2.45, 2.75) is 25.8 Å². The fourth-order valence-electron chi connectivity index (χ4n) is 1.98. The number of rotatable bonds is 6. The van der Waals surface area contributed by atoms with Crippen molar-refractivity contribution >= 4 is 11.8 Å². The monoisotopic (exact) mass is 232 g/mol. The van der Waals surface area contributed by atoms with Crippen molar-refractivity contribution < 1.29 is 5.11 Å². The number of hydrogen-bond acceptors (Lipinski definition) is 4. The van der Waals surface area contributed by atoms with Gasteiger partial charge in [-0.3, -0.25) is 4.90 Å². The molecule has 3 nitrogen and oxygen atoms in total. The Morgan fingerprint density at radius 1 is 1.40 bits per heavy atom. The van der Waals surface area contributed by atoms with Gasteiger partial charge in [0.1, 0.15) is 0 Å². The van der Waals surface area contributed by atoms with Gasteiger partial charge < -0.3 is 10.4 Å². The highest BCUT2D eigenvalue weighted by molar-refractivity contribution is 7.99.